The predicted octanol–water partition coefficient (Wildman–Crippen LogP) is 3.88. The van der Waals surface area contributed by atoms with Crippen molar-refractivity contribution in [1.82, 2.24) is 9.99 Å². The van der Waals surface area contributed by atoms with Crippen molar-refractivity contribution in [3.63, 3.8) is 0 Å². The molecule has 2 heterocycles. The minimum Gasteiger partial charge on any atom is -0.497 e. The van der Waals surface area contributed by atoms with E-state index in [0.29, 0.717) is 30.2 Å². The summed E-state index contributed by atoms with van der Waals surface area (Å²) in [6.45, 7) is 0.490. The zero-order chi connectivity index (χ0) is 20.9. The van der Waals surface area contributed by atoms with Crippen LogP contribution in [0, 0.1) is 22.5 Å². The van der Waals surface area contributed by atoms with Crippen LogP contribution in [0.2, 0.25) is 0 Å². The highest BCUT2D eigenvalue weighted by molar-refractivity contribution is 5.88. The van der Waals surface area contributed by atoms with Gasteiger partial charge in [0.1, 0.15) is 17.4 Å². The quantitative estimate of drug-likeness (QED) is 0.721. The Morgan fingerprint density at radius 3 is 2.63 bits per heavy atom. The number of methoxy groups -OCH3 is 1. The first-order chi connectivity index (χ1) is 14.4. The molecule has 0 radical (unpaired) electrons. The van der Waals surface area contributed by atoms with E-state index in [1.54, 1.807) is 31.7 Å². The number of carbonyl (C=O) groups excluding carboxylic acids is 1. The average Bonchev–Trinajstić information content (AvgIpc) is 3.15. The van der Waals surface area contributed by atoms with Gasteiger partial charge in [-0.2, -0.15) is 5.10 Å². The third-order valence-electron chi connectivity index (χ3n) is 6.37. The van der Waals surface area contributed by atoms with Crippen molar-refractivity contribution in [3.05, 3.63) is 53.7 Å². The van der Waals surface area contributed by atoms with Gasteiger partial charge in [-0.05, 0) is 43.0 Å². The van der Waals surface area contributed by atoms with Gasteiger partial charge in [0.05, 0.1) is 25.2 Å². The first kappa shape index (κ1) is 19.0. The van der Waals surface area contributed by atoms with Crippen LogP contribution in [-0.4, -0.2) is 35.8 Å². The SMILES string of the molecule is COc1ccnc(OCC23CC(C(=O)N4N=CCC4c4cc(F)cc(F)c4)(C2)C3)c1. The fourth-order valence-electron chi connectivity index (χ4n) is 5.10. The molecule has 1 amide bonds. The van der Waals surface area contributed by atoms with Crippen LogP contribution in [0.15, 0.2) is 41.6 Å². The Kier molecular flexibility index (Phi) is 4.27. The van der Waals surface area contributed by atoms with Crippen molar-refractivity contribution in [3.8, 4) is 11.6 Å². The number of rotatable bonds is 6. The van der Waals surface area contributed by atoms with Gasteiger partial charge in [0.15, 0.2) is 0 Å². The van der Waals surface area contributed by atoms with Gasteiger partial charge in [-0.1, -0.05) is 0 Å². The molecule has 1 aliphatic heterocycles. The van der Waals surface area contributed by atoms with Crippen molar-refractivity contribution in [2.24, 2.45) is 15.9 Å². The maximum atomic E-state index is 13.6. The molecule has 156 valence electrons. The molecule has 30 heavy (non-hydrogen) atoms. The van der Waals surface area contributed by atoms with E-state index in [1.807, 2.05) is 0 Å². The van der Waals surface area contributed by atoms with E-state index in [4.69, 9.17) is 9.47 Å². The summed E-state index contributed by atoms with van der Waals surface area (Å²) in [6.07, 6.45) is 5.86. The summed E-state index contributed by atoms with van der Waals surface area (Å²) < 4.78 is 38.3. The van der Waals surface area contributed by atoms with Crippen LogP contribution in [0.4, 0.5) is 8.78 Å². The largest absolute Gasteiger partial charge is 0.497 e. The molecule has 2 bridgehead atoms. The summed E-state index contributed by atoms with van der Waals surface area (Å²) in [5, 5.41) is 5.62. The number of hydrogen-bond donors (Lipinski definition) is 0. The summed E-state index contributed by atoms with van der Waals surface area (Å²) in [5.74, 6) is -0.214. The smallest absolute Gasteiger partial charge is 0.249 e. The third kappa shape index (κ3) is 3.02. The van der Waals surface area contributed by atoms with Crippen molar-refractivity contribution >= 4 is 12.1 Å². The van der Waals surface area contributed by atoms with E-state index in [1.165, 1.54) is 17.1 Å². The van der Waals surface area contributed by atoms with Crippen LogP contribution in [0.25, 0.3) is 0 Å². The number of hydrogen-bond acceptors (Lipinski definition) is 5. The second-order valence-corrected chi connectivity index (χ2v) is 8.54. The fourth-order valence-corrected chi connectivity index (χ4v) is 5.10. The predicted molar refractivity (Wildman–Crippen MR) is 104 cm³/mol. The molecule has 3 saturated carbocycles. The Hall–Kier alpha value is -3.03. The summed E-state index contributed by atoms with van der Waals surface area (Å²) in [6, 6.07) is 6.37. The first-order valence-corrected chi connectivity index (χ1v) is 9.87. The molecule has 1 atom stereocenters. The molecular weight excluding hydrogens is 392 g/mol. The summed E-state index contributed by atoms with van der Waals surface area (Å²) >= 11 is 0. The van der Waals surface area contributed by atoms with Gasteiger partial charge in [0.25, 0.3) is 0 Å². The molecule has 2 aromatic rings. The first-order valence-electron chi connectivity index (χ1n) is 9.87. The Balaban J connectivity index is 1.23. The van der Waals surface area contributed by atoms with Crippen molar-refractivity contribution < 1.29 is 23.0 Å². The van der Waals surface area contributed by atoms with Gasteiger partial charge in [-0.3, -0.25) is 4.79 Å². The Bertz CT molecular complexity index is 1000. The third-order valence-corrected chi connectivity index (χ3v) is 6.37. The standard InChI is InChI=1S/C22H21F2N3O3/c1-29-17-2-4-25-19(9-17)30-13-21-10-22(11-21,12-21)20(28)27-18(3-5-26-27)14-6-15(23)8-16(24)7-14/h2,4-9,18H,3,10-13H2,1H3. The number of nitrogens with zero attached hydrogens (tertiary/aromatic N) is 3. The molecular formula is C22H21F2N3O3. The molecule has 1 unspecified atom stereocenters. The number of hydrazone groups is 1. The van der Waals surface area contributed by atoms with Gasteiger partial charge in [-0.25, -0.2) is 18.8 Å². The van der Waals surface area contributed by atoms with Crippen LogP contribution in [-0.2, 0) is 4.79 Å². The van der Waals surface area contributed by atoms with E-state index < -0.39 is 23.1 Å². The van der Waals surface area contributed by atoms with E-state index in [-0.39, 0.29) is 11.3 Å². The summed E-state index contributed by atoms with van der Waals surface area (Å²) in [7, 11) is 1.59. The molecule has 8 heteroatoms. The summed E-state index contributed by atoms with van der Waals surface area (Å²) in [5.41, 5.74) is -0.0477. The number of amides is 1. The number of carbonyl (C=O) groups is 1. The fraction of sp³-hybridized carbons (Fsp3) is 0.409. The molecule has 6 rings (SSSR count). The zero-order valence-corrected chi connectivity index (χ0v) is 16.5. The second kappa shape index (κ2) is 6.75. The molecule has 4 aliphatic rings. The molecule has 6 nitrogen and oxygen atoms in total. The van der Waals surface area contributed by atoms with Crippen LogP contribution in [0.5, 0.6) is 11.6 Å². The van der Waals surface area contributed by atoms with E-state index in [2.05, 4.69) is 10.1 Å². The molecule has 1 aromatic carbocycles. The Morgan fingerprint density at radius 2 is 1.93 bits per heavy atom. The minimum absolute atomic E-state index is 0.0235. The van der Waals surface area contributed by atoms with Gasteiger partial charge in [-0.15, -0.1) is 0 Å². The molecule has 1 aromatic heterocycles. The Morgan fingerprint density at radius 1 is 1.20 bits per heavy atom. The molecule has 0 saturated heterocycles. The number of pyridine rings is 1. The van der Waals surface area contributed by atoms with Crippen LogP contribution in [0.3, 0.4) is 0 Å². The monoisotopic (exact) mass is 413 g/mol. The lowest BCUT2D eigenvalue weighted by atomic mass is 9.35. The minimum atomic E-state index is -0.655. The molecule has 3 aliphatic carbocycles. The highest BCUT2D eigenvalue weighted by atomic mass is 19.1. The summed E-state index contributed by atoms with van der Waals surface area (Å²) in [4.78, 5) is 17.4. The number of aromatic nitrogens is 1. The van der Waals surface area contributed by atoms with Crippen LogP contribution < -0.4 is 9.47 Å². The normalized spacial score (nSPS) is 28.6. The number of halogens is 2. The lowest BCUT2D eigenvalue weighted by Gasteiger charge is -2.69. The van der Waals surface area contributed by atoms with Gasteiger partial charge < -0.3 is 9.47 Å². The van der Waals surface area contributed by atoms with Gasteiger partial charge >= 0.3 is 0 Å². The van der Waals surface area contributed by atoms with E-state index in [0.717, 1.165) is 25.3 Å². The van der Waals surface area contributed by atoms with Crippen LogP contribution in [0.1, 0.15) is 37.3 Å². The van der Waals surface area contributed by atoms with Crippen molar-refractivity contribution in [1.29, 1.82) is 0 Å². The second-order valence-electron chi connectivity index (χ2n) is 8.54. The van der Waals surface area contributed by atoms with Gasteiger partial charge in [0.2, 0.25) is 11.8 Å². The lowest BCUT2D eigenvalue weighted by Crippen LogP contribution is -2.69. The number of benzene rings is 1. The Labute approximate surface area is 172 Å². The topological polar surface area (TPSA) is 64.0 Å². The molecule has 0 spiro atoms. The average molecular weight is 413 g/mol. The van der Waals surface area contributed by atoms with Crippen LogP contribution >= 0.6 is 0 Å². The maximum Gasteiger partial charge on any atom is 0.249 e. The van der Waals surface area contributed by atoms with Gasteiger partial charge in [0, 0.05) is 36.4 Å². The lowest BCUT2D eigenvalue weighted by molar-refractivity contribution is -0.227. The molecule has 3 fully saturated rings. The number of ether oxygens (including phenoxy) is 2. The highest BCUT2D eigenvalue weighted by Crippen LogP contribution is 2.74. The maximum absolute atomic E-state index is 13.6. The van der Waals surface area contributed by atoms with Crippen molar-refractivity contribution in [2.75, 3.05) is 13.7 Å². The highest BCUT2D eigenvalue weighted by Gasteiger charge is 2.73. The molecule has 0 N–H and O–H groups in total. The van der Waals surface area contributed by atoms with Crippen molar-refractivity contribution in [2.45, 2.75) is 31.7 Å². The van der Waals surface area contributed by atoms with E-state index >= 15 is 0 Å². The zero-order valence-electron chi connectivity index (χ0n) is 16.5. The van der Waals surface area contributed by atoms with E-state index in [9.17, 15) is 13.6 Å².